The van der Waals surface area contributed by atoms with Gasteiger partial charge in [0, 0.05) is 0 Å². The van der Waals surface area contributed by atoms with Crippen LogP contribution in [-0.4, -0.2) is 0 Å². The molecule has 0 unspecified atom stereocenters. The molecule has 3 nitrogen and oxygen atoms in total. The number of nitrogen functional groups attached to an aromatic ring is 2. The Bertz CT molecular complexity index is 642. The van der Waals surface area contributed by atoms with Gasteiger partial charge in [-0.15, -0.1) is 0 Å². The highest BCUT2D eigenvalue weighted by Gasteiger charge is 2.16. The molecule has 23 heavy (non-hydrogen) atoms. The Hall–Kier alpha value is -2.16. The quantitative estimate of drug-likeness (QED) is 0.669. The molecule has 0 heterocycles. The second-order valence-corrected chi connectivity index (χ2v) is 8.23. The van der Waals surface area contributed by atoms with Crippen LogP contribution in [0.2, 0.25) is 0 Å². The zero-order chi connectivity index (χ0) is 17.4. The molecule has 0 fully saturated rings. The lowest BCUT2D eigenvalue weighted by molar-refractivity contribution is 0.590. The van der Waals surface area contributed by atoms with E-state index in [1.807, 2.05) is 24.3 Å². The molecule has 2 rings (SSSR count). The van der Waals surface area contributed by atoms with Gasteiger partial charge in [0.2, 0.25) is 0 Å². The lowest BCUT2D eigenvalue weighted by Crippen LogP contribution is -2.12. The van der Waals surface area contributed by atoms with Crippen LogP contribution in [-0.2, 0) is 10.8 Å². The van der Waals surface area contributed by atoms with Crippen molar-refractivity contribution in [3.05, 3.63) is 47.5 Å². The Morgan fingerprint density at radius 3 is 1.26 bits per heavy atom. The second-order valence-electron chi connectivity index (χ2n) is 8.23. The first-order valence-corrected chi connectivity index (χ1v) is 8.05. The molecule has 0 saturated carbocycles. The number of rotatable bonds is 2. The SMILES string of the molecule is CC(C)(C)c1ccc(Nc2ccc(C(C)(C)C)cc2N)c(N)c1. The smallest absolute Gasteiger partial charge is 0.0618 e. The summed E-state index contributed by atoms with van der Waals surface area (Å²) in [5.41, 5.74) is 18.3. The highest BCUT2D eigenvalue weighted by Crippen LogP contribution is 2.33. The summed E-state index contributed by atoms with van der Waals surface area (Å²) in [5.74, 6) is 0. The predicted octanol–water partition coefficient (Wildman–Crippen LogP) is 5.19. The van der Waals surface area contributed by atoms with Gasteiger partial charge in [-0.2, -0.15) is 0 Å². The van der Waals surface area contributed by atoms with Crippen molar-refractivity contribution < 1.29 is 0 Å². The minimum absolute atomic E-state index is 0.0834. The molecule has 0 amide bonds. The maximum Gasteiger partial charge on any atom is 0.0618 e. The summed E-state index contributed by atoms with van der Waals surface area (Å²) in [5, 5.41) is 3.35. The summed E-state index contributed by atoms with van der Waals surface area (Å²) < 4.78 is 0. The molecule has 0 aliphatic rings. The molecule has 0 atom stereocenters. The summed E-state index contributed by atoms with van der Waals surface area (Å²) in [6.07, 6.45) is 0. The van der Waals surface area contributed by atoms with E-state index in [4.69, 9.17) is 11.5 Å². The number of benzene rings is 2. The largest absolute Gasteiger partial charge is 0.397 e. The third-order valence-electron chi connectivity index (χ3n) is 4.10. The maximum absolute atomic E-state index is 6.21. The zero-order valence-corrected chi connectivity index (χ0v) is 15.1. The van der Waals surface area contributed by atoms with Crippen molar-refractivity contribution in [2.75, 3.05) is 16.8 Å². The Kier molecular flexibility index (Phi) is 4.34. The summed E-state index contributed by atoms with van der Waals surface area (Å²) in [6, 6.07) is 12.3. The Balaban J connectivity index is 2.30. The average Bonchev–Trinajstić information content (AvgIpc) is 2.40. The van der Waals surface area contributed by atoms with Gasteiger partial charge in [0.05, 0.1) is 22.7 Å². The molecule has 2 aromatic rings. The minimum atomic E-state index is 0.0834. The molecule has 0 saturated heterocycles. The van der Waals surface area contributed by atoms with Crippen LogP contribution in [0.3, 0.4) is 0 Å². The monoisotopic (exact) mass is 311 g/mol. The van der Waals surface area contributed by atoms with E-state index < -0.39 is 0 Å². The Morgan fingerprint density at radius 2 is 1.00 bits per heavy atom. The van der Waals surface area contributed by atoms with Gasteiger partial charge < -0.3 is 16.8 Å². The first-order valence-electron chi connectivity index (χ1n) is 8.05. The fourth-order valence-corrected chi connectivity index (χ4v) is 2.43. The highest BCUT2D eigenvalue weighted by molar-refractivity contribution is 5.79. The van der Waals surface area contributed by atoms with Crippen LogP contribution in [0.25, 0.3) is 0 Å². The topological polar surface area (TPSA) is 64.1 Å². The van der Waals surface area contributed by atoms with Gasteiger partial charge in [0.1, 0.15) is 0 Å². The molecule has 0 aromatic heterocycles. The van der Waals surface area contributed by atoms with E-state index in [0.29, 0.717) is 0 Å². The zero-order valence-electron chi connectivity index (χ0n) is 15.1. The van der Waals surface area contributed by atoms with Gasteiger partial charge >= 0.3 is 0 Å². The maximum atomic E-state index is 6.21. The molecule has 0 bridgehead atoms. The fraction of sp³-hybridized carbons (Fsp3) is 0.400. The molecule has 0 spiro atoms. The standard InChI is InChI=1S/C20H29N3/c1-19(2,3)13-7-9-17(15(21)11-13)23-18-10-8-14(12-16(18)22)20(4,5)6/h7-12,23H,21-22H2,1-6H3. The van der Waals surface area contributed by atoms with Gasteiger partial charge in [-0.25, -0.2) is 0 Å². The van der Waals surface area contributed by atoms with E-state index >= 15 is 0 Å². The van der Waals surface area contributed by atoms with Crippen LogP contribution >= 0.6 is 0 Å². The van der Waals surface area contributed by atoms with Crippen molar-refractivity contribution in [3.8, 4) is 0 Å². The molecule has 124 valence electrons. The third kappa shape index (κ3) is 3.98. The van der Waals surface area contributed by atoms with Crippen LogP contribution in [0, 0.1) is 0 Å². The second kappa shape index (κ2) is 5.80. The molecular weight excluding hydrogens is 282 g/mol. The number of anilines is 4. The van der Waals surface area contributed by atoms with E-state index in [9.17, 15) is 0 Å². The molecule has 0 radical (unpaired) electrons. The first kappa shape index (κ1) is 17.2. The van der Waals surface area contributed by atoms with Crippen LogP contribution in [0.1, 0.15) is 52.7 Å². The van der Waals surface area contributed by atoms with Crippen molar-refractivity contribution in [2.24, 2.45) is 0 Å². The molecular formula is C20H29N3. The van der Waals surface area contributed by atoms with Crippen molar-refractivity contribution in [1.29, 1.82) is 0 Å². The number of hydrogen-bond acceptors (Lipinski definition) is 3. The minimum Gasteiger partial charge on any atom is -0.397 e. The van der Waals surface area contributed by atoms with Crippen molar-refractivity contribution in [2.45, 2.75) is 52.4 Å². The van der Waals surface area contributed by atoms with E-state index in [1.54, 1.807) is 0 Å². The van der Waals surface area contributed by atoms with E-state index in [2.05, 4.69) is 59.0 Å². The van der Waals surface area contributed by atoms with Gasteiger partial charge in [0.15, 0.2) is 0 Å². The summed E-state index contributed by atoms with van der Waals surface area (Å²) in [4.78, 5) is 0. The fourth-order valence-electron chi connectivity index (χ4n) is 2.43. The van der Waals surface area contributed by atoms with Crippen molar-refractivity contribution in [3.63, 3.8) is 0 Å². The third-order valence-corrected chi connectivity index (χ3v) is 4.10. The summed E-state index contributed by atoms with van der Waals surface area (Å²) in [7, 11) is 0. The summed E-state index contributed by atoms with van der Waals surface area (Å²) >= 11 is 0. The lowest BCUT2D eigenvalue weighted by atomic mass is 9.86. The number of hydrogen-bond donors (Lipinski definition) is 3. The van der Waals surface area contributed by atoms with Crippen LogP contribution in [0.15, 0.2) is 36.4 Å². The van der Waals surface area contributed by atoms with Gasteiger partial charge in [-0.1, -0.05) is 53.7 Å². The van der Waals surface area contributed by atoms with Crippen LogP contribution in [0.5, 0.6) is 0 Å². The van der Waals surface area contributed by atoms with Crippen molar-refractivity contribution in [1.82, 2.24) is 0 Å². The predicted molar refractivity (Wildman–Crippen MR) is 102 cm³/mol. The molecule has 0 aliphatic heterocycles. The lowest BCUT2D eigenvalue weighted by Gasteiger charge is -2.22. The molecule has 2 aromatic carbocycles. The van der Waals surface area contributed by atoms with E-state index in [-0.39, 0.29) is 10.8 Å². The van der Waals surface area contributed by atoms with Crippen LogP contribution in [0.4, 0.5) is 22.7 Å². The van der Waals surface area contributed by atoms with Crippen molar-refractivity contribution >= 4 is 22.7 Å². The number of nitrogens with one attached hydrogen (secondary N) is 1. The highest BCUT2D eigenvalue weighted by atomic mass is 14.9. The Morgan fingerprint density at radius 1 is 0.652 bits per heavy atom. The average molecular weight is 311 g/mol. The Labute approximate surface area is 140 Å². The molecule has 5 N–H and O–H groups in total. The van der Waals surface area contributed by atoms with Crippen LogP contribution < -0.4 is 16.8 Å². The normalized spacial score (nSPS) is 12.3. The summed E-state index contributed by atoms with van der Waals surface area (Å²) in [6.45, 7) is 13.1. The molecule has 3 heteroatoms. The first-order chi connectivity index (χ1) is 10.5. The number of nitrogens with two attached hydrogens (primary N) is 2. The molecule has 0 aliphatic carbocycles. The van der Waals surface area contributed by atoms with E-state index in [1.165, 1.54) is 11.1 Å². The van der Waals surface area contributed by atoms with Gasteiger partial charge in [0.25, 0.3) is 0 Å². The van der Waals surface area contributed by atoms with Gasteiger partial charge in [-0.3, -0.25) is 0 Å². The van der Waals surface area contributed by atoms with E-state index in [0.717, 1.165) is 22.7 Å². The van der Waals surface area contributed by atoms with Gasteiger partial charge in [-0.05, 0) is 46.2 Å².